The minimum Gasteiger partial charge on any atom is -0.207 e. The van der Waals surface area contributed by atoms with Gasteiger partial charge in [0.2, 0.25) is 0 Å². The Morgan fingerprint density at radius 1 is 0.576 bits per heavy atom. The second-order valence-electron chi connectivity index (χ2n) is 7.55. The standard InChI is InChI=1S/C28H21F5/c1-3-5-19-14-27(32)23(28(33)15-19)12-9-18-7-10-21(24(29)13-18)11-8-20-16-25(30)22(6-4-2)26(31)17-20/h7,10,13-17H,3-6H2,1-2H3. The molecule has 0 radical (unpaired) electrons. The van der Waals surface area contributed by atoms with E-state index >= 15 is 0 Å². The van der Waals surface area contributed by atoms with Crippen molar-refractivity contribution < 1.29 is 22.0 Å². The first-order valence-corrected chi connectivity index (χ1v) is 10.6. The molecule has 0 aliphatic heterocycles. The van der Waals surface area contributed by atoms with Crippen molar-refractivity contribution in [3.05, 3.63) is 105 Å². The van der Waals surface area contributed by atoms with Crippen molar-refractivity contribution in [3.63, 3.8) is 0 Å². The van der Waals surface area contributed by atoms with Crippen molar-refractivity contribution in [2.24, 2.45) is 0 Å². The predicted octanol–water partition coefficient (Wildman–Crippen LogP) is 7.09. The van der Waals surface area contributed by atoms with Crippen LogP contribution in [0.3, 0.4) is 0 Å². The number of hydrogen-bond donors (Lipinski definition) is 0. The van der Waals surface area contributed by atoms with Gasteiger partial charge >= 0.3 is 0 Å². The molecule has 0 spiro atoms. The molecule has 0 heterocycles. The fourth-order valence-corrected chi connectivity index (χ4v) is 3.31. The van der Waals surface area contributed by atoms with Crippen LogP contribution in [0.15, 0.2) is 42.5 Å². The van der Waals surface area contributed by atoms with Gasteiger partial charge in [0.1, 0.15) is 29.1 Å². The summed E-state index contributed by atoms with van der Waals surface area (Å²) in [6.07, 6.45) is 2.19. The van der Waals surface area contributed by atoms with Crippen LogP contribution in [0.1, 0.15) is 60.1 Å². The van der Waals surface area contributed by atoms with Gasteiger partial charge in [-0.3, -0.25) is 0 Å². The lowest BCUT2D eigenvalue weighted by Gasteiger charge is -2.04. The Bertz CT molecular complexity index is 1250. The van der Waals surface area contributed by atoms with E-state index < -0.39 is 29.1 Å². The molecule has 0 aliphatic carbocycles. The van der Waals surface area contributed by atoms with E-state index in [1.807, 2.05) is 13.8 Å². The van der Waals surface area contributed by atoms with Crippen LogP contribution in [0.25, 0.3) is 0 Å². The van der Waals surface area contributed by atoms with Crippen LogP contribution in [0.2, 0.25) is 0 Å². The smallest absolute Gasteiger partial charge is 0.142 e. The maximum absolute atomic E-state index is 14.4. The molecule has 0 saturated carbocycles. The third kappa shape index (κ3) is 6.02. The van der Waals surface area contributed by atoms with Crippen molar-refractivity contribution in [2.75, 3.05) is 0 Å². The zero-order valence-electron chi connectivity index (χ0n) is 18.3. The fourth-order valence-electron chi connectivity index (χ4n) is 3.31. The molecule has 0 aromatic heterocycles. The van der Waals surface area contributed by atoms with Crippen molar-refractivity contribution in [2.45, 2.75) is 39.5 Å². The van der Waals surface area contributed by atoms with Gasteiger partial charge in [-0.05, 0) is 60.9 Å². The molecule has 3 aromatic carbocycles. The lowest BCUT2D eigenvalue weighted by Crippen LogP contribution is -1.96. The Balaban J connectivity index is 1.84. The molecular formula is C28H21F5. The zero-order valence-corrected chi connectivity index (χ0v) is 18.3. The summed E-state index contributed by atoms with van der Waals surface area (Å²) < 4.78 is 70.9. The molecule has 33 heavy (non-hydrogen) atoms. The van der Waals surface area contributed by atoms with Crippen LogP contribution in [0.4, 0.5) is 22.0 Å². The van der Waals surface area contributed by atoms with Crippen molar-refractivity contribution in [3.8, 4) is 23.7 Å². The molecule has 0 atom stereocenters. The van der Waals surface area contributed by atoms with Gasteiger partial charge in [-0.1, -0.05) is 50.4 Å². The maximum Gasteiger partial charge on any atom is 0.142 e. The quantitative estimate of drug-likeness (QED) is 0.293. The largest absolute Gasteiger partial charge is 0.207 e. The number of aryl methyl sites for hydroxylation is 1. The van der Waals surface area contributed by atoms with Crippen LogP contribution in [0.5, 0.6) is 0 Å². The average molecular weight is 452 g/mol. The van der Waals surface area contributed by atoms with Crippen molar-refractivity contribution in [1.29, 1.82) is 0 Å². The topological polar surface area (TPSA) is 0 Å². The number of halogens is 5. The van der Waals surface area contributed by atoms with Crippen molar-refractivity contribution in [1.82, 2.24) is 0 Å². The van der Waals surface area contributed by atoms with E-state index in [9.17, 15) is 22.0 Å². The summed E-state index contributed by atoms with van der Waals surface area (Å²) in [7, 11) is 0. The van der Waals surface area contributed by atoms with E-state index in [4.69, 9.17) is 0 Å². The summed E-state index contributed by atoms with van der Waals surface area (Å²) in [5.41, 5.74) is 0.466. The number of rotatable bonds is 4. The Morgan fingerprint density at radius 2 is 1.15 bits per heavy atom. The normalized spacial score (nSPS) is 10.3. The second-order valence-corrected chi connectivity index (χ2v) is 7.55. The highest BCUT2D eigenvalue weighted by atomic mass is 19.1. The minimum absolute atomic E-state index is 0.000260. The SMILES string of the molecule is CCCc1cc(F)c(C#Cc2ccc(C#Cc3cc(F)c(CCC)c(F)c3)c(F)c2)c(F)c1. The summed E-state index contributed by atoms with van der Waals surface area (Å²) in [6, 6.07) is 8.62. The second kappa shape index (κ2) is 10.8. The molecule has 0 unspecified atom stereocenters. The molecule has 0 nitrogen and oxygen atoms in total. The molecule has 0 N–H and O–H groups in total. The number of benzene rings is 3. The highest BCUT2D eigenvalue weighted by Gasteiger charge is 2.10. The van der Waals surface area contributed by atoms with Gasteiger partial charge in [0.05, 0.1) is 11.1 Å². The molecular weight excluding hydrogens is 431 g/mol. The Labute approximate surface area is 190 Å². The van der Waals surface area contributed by atoms with Crippen LogP contribution < -0.4 is 0 Å². The first-order chi connectivity index (χ1) is 15.8. The van der Waals surface area contributed by atoms with Crippen LogP contribution in [0, 0.1) is 52.8 Å². The van der Waals surface area contributed by atoms with Gasteiger partial charge in [-0.15, -0.1) is 0 Å². The molecule has 0 bridgehead atoms. The van der Waals surface area contributed by atoms with Gasteiger partial charge in [0, 0.05) is 16.7 Å². The molecule has 0 amide bonds. The zero-order chi connectivity index (χ0) is 24.0. The first kappa shape index (κ1) is 24.1. The van der Waals surface area contributed by atoms with Crippen LogP contribution in [-0.2, 0) is 12.8 Å². The Kier molecular flexibility index (Phi) is 7.91. The summed E-state index contributed by atoms with van der Waals surface area (Å²) in [4.78, 5) is 0. The summed E-state index contributed by atoms with van der Waals surface area (Å²) in [6.45, 7) is 3.73. The molecule has 0 saturated heterocycles. The third-order valence-corrected chi connectivity index (χ3v) is 4.92. The molecule has 5 heteroatoms. The molecule has 0 aliphatic rings. The molecule has 3 aromatic rings. The average Bonchev–Trinajstić information content (AvgIpc) is 2.75. The molecule has 0 fully saturated rings. The van der Waals surface area contributed by atoms with E-state index in [0.717, 1.165) is 24.6 Å². The van der Waals surface area contributed by atoms with Crippen LogP contribution >= 0.6 is 0 Å². The van der Waals surface area contributed by atoms with Gasteiger partial charge in [-0.25, -0.2) is 22.0 Å². The number of hydrogen-bond acceptors (Lipinski definition) is 0. The maximum atomic E-state index is 14.4. The monoisotopic (exact) mass is 452 g/mol. The van der Waals surface area contributed by atoms with Crippen molar-refractivity contribution >= 4 is 0 Å². The Morgan fingerprint density at radius 3 is 1.73 bits per heavy atom. The van der Waals surface area contributed by atoms with Crippen LogP contribution in [-0.4, -0.2) is 0 Å². The molecule has 168 valence electrons. The minimum atomic E-state index is -0.765. The fraction of sp³-hybridized carbons (Fsp3) is 0.214. The van der Waals surface area contributed by atoms with Gasteiger partial charge in [0.25, 0.3) is 0 Å². The van der Waals surface area contributed by atoms with E-state index in [1.165, 1.54) is 24.3 Å². The lowest BCUT2D eigenvalue weighted by atomic mass is 10.0. The van der Waals surface area contributed by atoms with E-state index in [0.29, 0.717) is 18.4 Å². The summed E-state index contributed by atoms with van der Waals surface area (Å²) >= 11 is 0. The Hall–Kier alpha value is -3.57. The van der Waals surface area contributed by atoms with Gasteiger partial charge in [-0.2, -0.15) is 0 Å². The van der Waals surface area contributed by atoms with E-state index in [1.54, 1.807) is 0 Å². The van der Waals surface area contributed by atoms with E-state index in [2.05, 4.69) is 23.7 Å². The predicted molar refractivity (Wildman–Crippen MR) is 119 cm³/mol. The first-order valence-electron chi connectivity index (χ1n) is 10.6. The van der Waals surface area contributed by atoms with E-state index in [-0.39, 0.29) is 34.2 Å². The lowest BCUT2D eigenvalue weighted by molar-refractivity contribution is 0.552. The highest BCUT2D eigenvalue weighted by molar-refractivity contribution is 5.49. The van der Waals surface area contributed by atoms with Gasteiger partial charge < -0.3 is 0 Å². The summed E-state index contributed by atoms with van der Waals surface area (Å²) in [5.74, 6) is 6.45. The van der Waals surface area contributed by atoms with Gasteiger partial charge in [0.15, 0.2) is 0 Å². The molecule has 3 rings (SSSR count). The highest BCUT2D eigenvalue weighted by Crippen LogP contribution is 2.18. The third-order valence-electron chi connectivity index (χ3n) is 4.92. The summed E-state index contributed by atoms with van der Waals surface area (Å²) in [5, 5.41) is 0.